The number of amides is 1. The lowest BCUT2D eigenvalue weighted by Crippen LogP contribution is -2.19. The highest BCUT2D eigenvalue weighted by atomic mass is 35.5. The number of halogens is 1. The number of anilines is 1. The minimum absolute atomic E-state index is 0.203. The molecule has 1 aliphatic rings. The van der Waals surface area contributed by atoms with Crippen LogP contribution in [0.15, 0.2) is 12.1 Å². The Kier molecular flexibility index (Phi) is 4.66. The number of nitrogens with two attached hydrogens (primary N) is 1. The van der Waals surface area contributed by atoms with Crippen molar-refractivity contribution in [2.24, 2.45) is 5.73 Å². The number of hydrogen-bond acceptors (Lipinski definition) is 3. The van der Waals surface area contributed by atoms with Gasteiger partial charge in [-0.25, -0.2) is 0 Å². The van der Waals surface area contributed by atoms with Gasteiger partial charge in [-0.3, -0.25) is 4.79 Å². The van der Waals surface area contributed by atoms with Crippen LogP contribution in [0, 0.1) is 0 Å². The molecule has 1 atom stereocenters. The summed E-state index contributed by atoms with van der Waals surface area (Å²) < 4.78 is 5.66. The van der Waals surface area contributed by atoms with Crippen molar-refractivity contribution in [2.45, 2.75) is 38.6 Å². The summed E-state index contributed by atoms with van der Waals surface area (Å²) in [5.41, 5.74) is 7.18. The Hall–Kier alpha value is -1.26. The fourth-order valence-corrected chi connectivity index (χ4v) is 2.33. The summed E-state index contributed by atoms with van der Waals surface area (Å²) in [6.45, 7) is 2.81. The first-order valence-electron chi connectivity index (χ1n) is 6.66. The van der Waals surface area contributed by atoms with Crippen LogP contribution in [0.1, 0.15) is 44.2 Å². The molecule has 0 aromatic heterocycles. The highest BCUT2D eigenvalue weighted by Crippen LogP contribution is 2.37. The molecule has 0 radical (unpaired) electrons. The normalized spacial score (nSPS) is 17.2. The van der Waals surface area contributed by atoms with E-state index in [9.17, 15) is 4.79 Å². The van der Waals surface area contributed by atoms with Gasteiger partial charge in [-0.15, -0.1) is 0 Å². The molecule has 1 aromatic rings. The van der Waals surface area contributed by atoms with Crippen LogP contribution in [0.2, 0.25) is 5.02 Å². The van der Waals surface area contributed by atoms with E-state index in [0.717, 1.165) is 18.4 Å². The van der Waals surface area contributed by atoms with Crippen molar-refractivity contribution in [1.82, 2.24) is 0 Å². The average molecular weight is 283 g/mol. The zero-order valence-corrected chi connectivity index (χ0v) is 11.8. The molecule has 0 fully saturated rings. The maximum atomic E-state index is 11.5. The van der Waals surface area contributed by atoms with E-state index in [1.54, 1.807) is 12.1 Å². The summed E-state index contributed by atoms with van der Waals surface area (Å²) in [5, 5.41) is 3.22. The monoisotopic (exact) mass is 282 g/mol. The smallest absolute Gasteiger partial charge is 0.245 e. The molecule has 4 nitrogen and oxygen atoms in total. The van der Waals surface area contributed by atoms with E-state index in [1.807, 2.05) is 0 Å². The summed E-state index contributed by atoms with van der Waals surface area (Å²) >= 11 is 6.14. The van der Waals surface area contributed by atoms with Gasteiger partial charge in [-0.2, -0.15) is 0 Å². The summed E-state index contributed by atoms with van der Waals surface area (Å²) in [4.78, 5) is 11.5. The number of carbonyl (C=O) groups excluding carboxylic acids is 1. The Morgan fingerprint density at radius 3 is 2.89 bits per heavy atom. The first-order valence-corrected chi connectivity index (χ1v) is 7.04. The van der Waals surface area contributed by atoms with Crippen LogP contribution >= 0.6 is 11.6 Å². The van der Waals surface area contributed by atoms with Gasteiger partial charge in [-0.05, 0) is 12.5 Å². The molecule has 0 aliphatic carbocycles. The topological polar surface area (TPSA) is 64.3 Å². The van der Waals surface area contributed by atoms with Crippen molar-refractivity contribution in [1.29, 1.82) is 0 Å². The van der Waals surface area contributed by atoms with Gasteiger partial charge in [0.15, 0.2) is 0 Å². The van der Waals surface area contributed by atoms with E-state index in [1.165, 1.54) is 12.8 Å². The van der Waals surface area contributed by atoms with Crippen LogP contribution in [0.5, 0.6) is 5.75 Å². The predicted octanol–water partition coefficient (Wildman–Crippen LogP) is 3.25. The standard InChI is InChI=1S/C14H19ClN2O2/c1-2-3-4-5-6-19-12-8-11-9(7-10(12)15)13(16)14(18)17-11/h7-8,13H,2-6,16H2,1H3,(H,17,18). The van der Waals surface area contributed by atoms with Crippen LogP contribution in [-0.4, -0.2) is 12.5 Å². The molecule has 1 amide bonds. The lowest BCUT2D eigenvalue weighted by molar-refractivity contribution is -0.116. The molecule has 1 aromatic carbocycles. The highest BCUT2D eigenvalue weighted by molar-refractivity contribution is 6.32. The number of hydrogen-bond donors (Lipinski definition) is 2. The number of fused-ring (bicyclic) bond motifs is 1. The van der Waals surface area contributed by atoms with Crippen LogP contribution < -0.4 is 15.8 Å². The minimum atomic E-state index is -0.633. The Morgan fingerprint density at radius 1 is 1.37 bits per heavy atom. The van der Waals surface area contributed by atoms with E-state index < -0.39 is 6.04 Å². The molecule has 1 heterocycles. The molecule has 0 spiro atoms. The number of rotatable bonds is 6. The van der Waals surface area contributed by atoms with Crippen molar-refractivity contribution in [3.63, 3.8) is 0 Å². The summed E-state index contributed by atoms with van der Waals surface area (Å²) in [6, 6.07) is 2.83. The fourth-order valence-electron chi connectivity index (χ4n) is 2.11. The van der Waals surface area contributed by atoms with Crippen molar-refractivity contribution in [3.05, 3.63) is 22.7 Å². The van der Waals surface area contributed by atoms with Crippen LogP contribution in [-0.2, 0) is 4.79 Å². The molecule has 0 saturated heterocycles. The number of unbranched alkanes of at least 4 members (excludes halogenated alkanes) is 3. The Labute approximate surface area is 118 Å². The van der Waals surface area contributed by atoms with Gasteiger partial charge in [0.25, 0.3) is 0 Å². The number of ether oxygens (including phenoxy) is 1. The van der Waals surface area contributed by atoms with E-state index in [2.05, 4.69) is 12.2 Å². The van der Waals surface area contributed by atoms with E-state index in [0.29, 0.717) is 23.1 Å². The molecule has 2 rings (SSSR count). The second kappa shape index (κ2) is 6.26. The van der Waals surface area contributed by atoms with E-state index in [4.69, 9.17) is 22.1 Å². The molecular weight excluding hydrogens is 264 g/mol. The van der Waals surface area contributed by atoms with Gasteiger partial charge in [-0.1, -0.05) is 37.8 Å². The SMILES string of the molecule is CCCCCCOc1cc2c(cc1Cl)C(N)C(=O)N2. The van der Waals surface area contributed by atoms with Gasteiger partial charge in [0, 0.05) is 17.3 Å². The molecule has 3 N–H and O–H groups in total. The van der Waals surface area contributed by atoms with Gasteiger partial charge >= 0.3 is 0 Å². The summed E-state index contributed by atoms with van der Waals surface area (Å²) in [5.74, 6) is 0.400. The van der Waals surface area contributed by atoms with Crippen molar-refractivity contribution < 1.29 is 9.53 Å². The Bertz CT molecular complexity index is 477. The van der Waals surface area contributed by atoms with Gasteiger partial charge in [0.05, 0.1) is 11.6 Å². The minimum Gasteiger partial charge on any atom is -0.492 e. The first-order chi connectivity index (χ1) is 9.13. The third-order valence-electron chi connectivity index (χ3n) is 3.23. The molecule has 0 saturated carbocycles. The average Bonchev–Trinajstić information content (AvgIpc) is 2.65. The lowest BCUT2D eigenvalue weighted by atomic mass is 10.1. The summed E-state index contributed by atoms with van der Waals surface area (Å²) in [6.07, 6.45) is 4.57. The zero-order valence-electron chi connectivity index (χ0n) is 11.0. The van der Waals surface area contributed by atoms with Crippen molar-refractivity contribution in [3.8, 4) is 5.75 Å². The van der Waals surface area contributed by atoms with Crippen molar-refractivity contribution >= 4 is 23.2 Å². The molecular formula is C14H19ClN2O2. The molecule has 5 heteroatoms. The number of nitrogens with one attached hydrogen (secondary N) is 1. The molecule has 1 aliphatic heterocycles. The second-order valence-corrected chi connectivity index (χ2v) is 5.15. The Morgan fingerprint density at radius 2 is 2.16 bits per heavy atom. The van der Waals surface area contributed by atoms with Gasteiger partial charge in [0.2, 0.25) is 5.91 Å². The van der Waals surface area contributed by atoms with Gasteiger partial charge in [0.1, 0.15) is 11.8 Å². The molecule has 1 unspecified atom stereocenters. The van der Waals surface area contributed by atoms with E-state index >= 15 is 0 Å². The molecule has 104 valence electrons. The maximum Gasteiger partial charge on any atom is 0.245 e. The van der Waals surface area contributed by atoms with Crippen LogP contribution in [0.3, 0.4) is 0 Å². The molecule has 19 heavy (non-hydrogen) atoms. The zero-order chi connectivity index (χ0) is 13.8. The number of carbonyl (C=O) groups is 1. The second-order valence-electron chi connectivity index (χ2n) is 4.75. The quantitative estimate of drug-likeness (QED) is 0.787. The van der Waals surface area contributed by atoms with E-state index in [-0.39, 0.29) is 5.91 Å². The van der Waals surface area contributed by atoms with Gasteiger partial charge < -0.3 is 15.8 Å². The van der Waals surface area contributed by atoms with Crippen molar-refractivity contribution in [2.75, 3.05) is 11.9 Å². The lowest BCUT2D eigenvalue weighted by Gasteiger charge is -2.10. The largest absolute Gasteiger partial charge is 0.492 e. The first kappa shape index (κ1) is 14.2. The fraction of sp³-hybridized carbons (Fsp3) is 0.500. The highest BCUT2D eigenvalue weighted by Gasteiger charge is 2.28. The maximum absolute atomic E-state index is 11.5. The third kappa shape index (κ3) is 3.19. The van der Waals surface area contributed by atoms with Crippen LogP contribution in [0.25, 0.3) is 0 Å². The molecule has 0 bridgehead atoms. The van der Waals surface area contributed by atoms with Crippen LogP contribution in [0.4, 0.5) is 5.69 Å². The third-order valence-corrected chi connectivity index (χ3v) is 3.53. The number of benzene rings is 1. The summed E-state index contributed by atoms with van der Waals surface area (Å²) in [7, 11) is 0. The Balaban J connectivity index is 1.99. The predicted molar refractivity (Wildman–Crippen MR) is 76.6 cm³/mol.